The zero-order valence-electron chi connectivity index (χ0n) is 13.8. The molecular formula is C18H20Cl2N2O2. The van der Waals surface area contributed by atoms with Gasteiger partial charge in [0.1, 0.15) is 5.75 Å². The van der Waals surface area contributed by atoms with Gasteiger partial charge in [-0.2, -0.15) is 0 Å². The van der Waals surface area contributed by atoms with Crippen molar-refractivity contribution in [2.75, 3.05) is 27.7 Å². The molecule has 24 heavy (non-hydrogen) atoms. The molecule has 2 rings (SSSR count). The van der Waals surface area contributed by atoms with Gasteiger partial charge < -0.3 is 15.0 Å². The monoisotopic (exact) mass is 366 g/mol. The van der Waals surface area contributed by atoms with Gasteiger partial charge in [0.25, 0.3) is 5.91 Å². The fourth-order valence-corrected chi connectivity index (χ4v) is 2.78. The molecule has 0 spiro atoms. The molecule has 1 amide bonds. The van der Waals surface area contributed by atoms with Gasteiger partial charge in [0.15, 0.2) is 0 Å². The summed E-state index contributed by atoms with van der Waals surface area (Å²) in [6.45, 7) is 0.432. The minimum absolute atomic E-state index is 0.00186. The van der Waals surface area contributed by atoms with Crippen LogP contribution in [0.25, 0.3) is 0 Å². The lowest BCUT2D eigenvalue weighted by molar-refractivity contribution is 0.0942. The smallest absolute Gasteiger partial charge is 0.252 e. The third-order valence-electron chi connectivity index (χ3n) is 3.73. The zero-order chi connectivity index (χ0) is 17.7. The quantitative estimate of drug-likeness (QED) is 0.838. The largest absolute Gasteiger partial charge is 0.497 e. The Morgan fingerprint density at radius 2 is 1.96 bits per heavy atom. The van der Waals surface area contributed by atoms with Crippen molar-refractivity contribution in [3.05, 3.63) is 63.6 Å². The lowest BCUT2D eigenvalue weighted by Crippen LogP contribution is -2.34. The first-order chi connectivity index (χ1) is 11.4. The number of nitrogens with one attached hydrogen (secondary N) is 1. The predicted octanol–water partition coefficient (Wildman–Crippen LogP) is 4.03. The summed E-state index contributed by atoms with van der Waals surface area (Å²) in [7, 11) is 5.55. The molecule has 0 radical (unpaired) electrons. The van der Waals surface area contributed by atoms with Crippen LogP contribution in [0.1, 0.15) is 22.0 Å². The molecule has 0 aliphatic rings. The van der Waals surface area contributed by atoms with Crippen molar-refractivity contribution in [2.24, 2.45) is 0 Å². The van der Waals surface area contributed by atoms with Gasteiger partial charge in [0, 0.05) is 11.6 Å². The maximum atomic E-state index is 12.4. The van der Waals surface area contributed by atoms with Crippen LogP contribution in [0, 0.1) is 0 Å². The summed E-state index contributed by atoms with van der Waals surface area (Å²) in [6.07, 6.45) is 0. The molecule has 0 saturated heterocycles. The topological polar surface area (TPSA) is 41.6 Å². The molecule has 128 valence electrons. The van der Waals surface area contributed by atoms with Gasteiger partial charge in [0.05, 0.1) is 23.7 Å². The zero-order valence-corrected chi connectivity index (χ0v) is 15.4. The average Bonchev–Trinajstić information content (AvgIpc) is 2.57. The number of carbonyl (C=O) groups excluding carboxylic acids is 1. The van der Waals surface area contributed by atoms with Gasteiger partial charge in [-0.05, 0) is 50.0 Å². The fraction of sp³-hybridized carbons (Fsp3) is 0.278. The molecule has 2 aromatic rings. The van der Waals surface area contributed by atoms with Crippen molar-refractivity contribution in [1.82, 2.24) is 10.2 Å². The number of hydrogen-bond acceptors (Lipinski definition) is 3. The van der Waals surface area contributed by atoms with Crippen LogP contribution in [0.4, 0.5) is 0 Å². The van der Waals surface area contributed by atoms with E-state index < -0.39 is 0 Å². The second-order valence-electron chi connectivity index (χ2n) is 5.59. The number of carbonyl (C=O) groups is 1. The molecule has 1 atom stereocenters. The maximum absolute atomic E-state index is 12.4. The average molecular weight is 367 g/mol. The SMILES string of the molecule is COc1cccc([C@@H](CNC(=O)c2cc(Cl)ccc2Cl)N(C)C)c1. The summed E-state index contributed by atoms with van der Waals surface area (Å²) < 4.78 is 5.27. The van der Waals surface area contributed by atoms with E-state index in [2.05, 4.69) is 5.32 Å². The summed E-state index contributed by atoms with van der Waals surface area (Å²) in [4.78, 5) is 14.4. The maximum Gasteiger partial charge on any atom is 0.252 e. The van der Waals surface area contributed by atoms with E-state index in [1.54, 1.807) is 25.3 Å². The Balaban J connectivity index is 2.14. The summed E-state index contributed by atoms with van der Waals surface area (Å²) in [5.41, 5.74) is 1.42. The van der Waals surface area contributed by atoms with Crippen molar-refractivity contribution in [2.45, 2.75) is 6.04 Å². The van der Waals surface area contributed by atoms with Gasteiger partial charge in [-0.25, -0.2) is 0 Å². The van der Waals surface area contributed by atoms with E-state index in [0.29, 0.717) is 22.2 Å². The summed E-state index contributed by atoms with van der Waals surface area (Å²) in [5, 5.41) is 3.77. The van der Waals surface area contributed by atoms with Crippen LogP contribution in [0.3, 0.4) is 0 Å². The molecule has 4 nitrogen and oxygen atoms in total. The van der Waals surface area contributed by atoms with Crippen LogP contribution in [-0.4, -0.2) is 38.6 Å². The highest BCUT2D eigenvalue weighted by molar-refractivity contribution is 6.35. The predicted molar refractivity (Wildman–Crippen MR) is 98.2 cm³/mol. The molecule has 0 fully saturated rings. The molecule has 0 saturated carbocycles. The van der Waals surface area contributed by atoms with Crippen LogP contribution < -0.4 is 10.1 Å². The summed E-state index contributed by atoms with van der Waals surface area (Å²) in [6, 6.07) is 12.6. The second-order valence-corrected chi connectivity index (χ2v) is 6.43. The van der Waals surface area contributed by atoms with Crippen LogP contribution >= 0.6 is 23.2 Å². The van der Waals surface area contributed by atoms with E-state index in [0.717, 1.165) is 11.3 Å². The highest BCUT2D eigenvalue weighted by Crippen LogP contribution is 2.23. The normalized spacial score (nSPS) is 12.1. The molecule has 0 unspecified atom stereocenters. The summed E-state index contributed by atoms with van der Waals surface area (Å²) in [5.74, 6) is 0.529. The molecule has 0 bridgehead atoms. The first kappa shape index (κ1) is 18.6. The molecule has 0 aliphatic heterocycles. The number of ether oxygens (including phenoxy) is 1. The number of benzene rings is 2. The van der Waals surface area contributed by atoms with E-state index in [-0.39, 0.29) is 11.9 Å². The van der Waals surface area contributed by atoms with Crippen molar-refractivity contribution < 1.29 is 9.53 Å². The lowest BCUT2D eigenvalue weighted by atomic mass is 10.1. The van der Waals surface area contributed by atoms with E-state index in [1.165, 1.54) is 0 Å². The minimum Gasteiger partial charge on any atom is -0.497 e. The van der Waals surface area contributed by atoms with Gasteiger partial charge in [-0.15, -0.1) is 0 Å². The molecule has 0 aliphatic carbocycles. The van der Waals surface area contributed by atoms with E-state index in [9.17, 15) is 4.79 Å². The number of nitrogens with zero attached hydrogens (tertiary/aromatic N) is 1. The highest BCUT2D eigenvalue weighted by Gasteiger charge is 2.18. The minimum atomic E-state index is -0.253. The molecule has 0 aromatic heterocycles. The summed E-state index contributed by atoms with van der Waals surface area (Å²) >= 11 is 12.0. The Labute approximate surface area is 152 Å². The highest BCUT2D eigenvalue weighted by atomic mass is 35.5. The standard InChI is InChI=1S/C18H20Cl2N2O2/c1-22(2)17(12-5-4-6-14(9-12)24-3)11-21-18(23)15-10-13(19)7-8-16(15)20/h4-10,17H,11H2,1-3H3,(H,21,23)/t17-/m1/s1. The van der Waals surface area contributed by atoms with Gasteiger partial charge in [-0.1, -0.05) is 35.3 Å². The van der Waals surface area contributed by atoms with Crippen molar-refractivity contribution in [3.63, 3.8) is 0 Å². The third kappa shape index (κ3) is 4.63. The van der Waals surface area contributed by atoms with E-state index >= 15 is 0 Å². The van der Waals surface area contributed by atoms with Gasteiger partial charge in [-0.3, -0.25) is 4.79 Å². The Hall–Kier alpha value is -1.75. The number of likely N-dealkylation sites (N-methyl/N-ethyl adjacent to an activating group) is 1. The Morgan fingerprint density at radius 3 is 2.62 bits per heavy atom. The van der Waals surface area contributed by atoms with E-state index in [1.807, 2.05) is 43.3 Å². The van der Waals surface area contributed by atoms with Crippen LogP contribution in [-0.2, 0) is 0 Å². The van der Waals surface area contributed by atoms with Crippen LogP contribution in [0.2, 0.25) is 10.0 Å². The molecule has 1 N–H and O–H groups in total. The first-order valence-corrected chi connectivity index (χ1v) is 8.21. The van der Waals surface area contributed by atoms with Crippen LogP contribution in [0.5, 0.6) is 5.75 Å². The Bertz CT molecular complexity index is 720. The number of hydrogen-bond donors (Lipinski definition) is 1. The van der Waals surface area contributed by atoms with Gasteiger partial charge >= 0.3 is 0 Å². The van der Waals surface area contributed by atoms with Crippen molar-refractivity contribution >= 4 is 29.1 Å². The fourth-order valence-electron chi connectivity index (χ4n) is 2.40. The second kappa shape index (κ2) is 8.38. The number of rotatable bonds is 6. The number of halogens is 2. The van der Waals surface area contributed by atoms with Gasteiger partial charge in [0.2, 0.25) is 0 Å². The molecule has 6 heteroatoms. The first-order valence-electron chi connectivity index (χ1n) is 7.46. The number of methoxy groups -OCH3 is 1. The third-order valence-corrected chi connectivity index (χ3v) is 4.30. The van der Waals surface area contributed by atoms with Crippen LogP contribution in [0.15, 0.2) is 42.5 Å². The van der Waals surface area contributed by atoms with Crippen molar-refractivity contribution in [1.29, 1.82) is 0 Å². The van der Waals surface area contributed by atoms with Crippen molar-refractivity contribution in [3.8, 4) is 5.75 Å². The number of amides is 1. The molecular weight excluding hydrogens is 347 g/mol. The molecule has 0 heterocycles. The Morgan fingerprint density at radius 1 is 1.21 bits per heavy atom. The molecule has 2 aromatic carbocycles. The van der Waals surface area contributed by atoms with E-state index in [4.69, 9.17) is 27.9 Å². The lowest BCUT2D eigenvalue weighted by Gasteiger charge is -2.25. The Kier molecular flexibility index (Phi) is 6.49.